The summed E-state index contributed by atoms with van der Waals surface area (Å²) in [5, 5.41) is 4.07. The van der Waals surface area contributed by atoms with Gasteiger partial charge in [0.05, 0.1) is 40.0 Å². The average Bonchev–Trinajstić information content (AvgIpc) is 1.69. The van der Waals surface area contributed by atoms with E-state index in [1.807, 2.05) is 99.9 Å². The highest BCUT2D eigenvalue weighted by atomic mass is 32.2. The standard InChI is InChI=1S/C37H47F2N5O3S.C36H50N6O3S.C33H45N7O3S.3H2/c1-36(2,3)16-20-44-33(46)30(48-34(44)27-8-6-9-28(38)32(27)42-22-37(39,23-42)25-11-12-25)21-31(45)41-17-14-26(15-18-41)43-19-13-24-7-4-5-10-29(24)40-35(43)47;1-36(2,3)15-19-42-33(44)31(46-34(42)27-9-7-10-29(24-27)39-22-20-38(4)21-23-39)25-32(43)40-16-13-28(14-17-40)41-18-12-26-8-5-6-11-30(26)37-35(41)45;1-33(2,3)12-16-39-30(42)27(44-31(39)23-7-5-8-25(21-23)37-19-17-36(4)18-20-37)22-28(41)38-14-10-24(11-15-38)40-26-9-6-13-34-29(26)35-32(40)43;;;/h4-10,25-26,30,34H,11-23H2,1-3H3,(H,40,47);5-11,24,28,31,34H,12-23,25H2,1-4H3,(H,37,45);5-9,13,21,24,27,31H,10-12,14-20,22H2,1-4H3,(H,34,35,43);3*1H. The Morgan fingerprint density at radius 2 is 0.848 bits per heavy atom. The SMILES string of the molecule is CC(C)(C)CCN1C(=O)C(CC(=O)N2CCC(N3CCc4ccccc4NC3=O)CC2)SC1c1cccc(F)c1N1CC(F)(C2CC2)C1.CN1CCN(c2cccc(C3SC(CC(=O)N4CCC(N5CCc6ccccc6NC5=O)CC4)C(=O)N3CCC(C)(C)C)c2)CC1.CN1CCN(c2cccc(C3SC(CC(=O)N4CCC(n5c(=O)[nH]c6ncccc65)CC4)C(=O)N3CCC(C)(C)C)c2)CC1.[HH].[HH].[HH]. The number of aromatic amines is 1. The number of benzene rings is 5. The molecule has 32 heteroatoms. The number of alkyl halides is 1. The van der Waals surface area contributed by atoms with Gasteiger partial charge in [0, 0.05) is 201 Å². The number of hydrogen-bond donors (Lipinski definition) is 3. The van der Waals surface area contributed by atoms with Crippen LogP contribution in [-0.4, -0.2) is 296 Å². The number of rotatable bonds is 22. The molecule has 7 aromatic rings. The molecule has 6 atom stereocenters. The normalized spacial score (nSPS) is 23.5. The van der Waals surface area contributed by atoms with Crippen molar-refractivity contribution >= 4 is 122 Å². The van der Waals surface area contributed by atoms with Gasteiger partial charge in [-0.05, 0) is 197 Å². The Hall–Kier alpha value is -9.89. The molecular weight excluding hydrogens is 1800 g/mol. The van der Waals surface area contributed by atoms with E-state index in [2.05, 4.69) is 171 Å². The van der Waals surface area contributed by atoms with Crippen LogP contribution in [0.3, 0.4) is 0 Å². The second kappa shape index (κ2) is 42.5. The largest absolute Gasteiger partial charge is 0.369 e. The number of aromatic nitrogens is 3. The van der Waals surface area contributed by atoms with Gasteiger partial charge in [0.2, 0.25) is 35.4 Å². The first kappa shape index (κ1) is 99.7. The molecule has 13 heterocycles. The molecule has 3 N–H and O–H groups in total. The Morgan fingerprint density at radius 1 is 0.449 bits per heavy atom. The minimum Gasteiger partial charge on any atom is -0.369 e. The molecule has 10 fully saturated rings. The molecule has 0 spiro atoms. The Morgan fingerprint density at radius 3 is 1.27 bits per heavy atom. The third-order valence-corrected chi connectivity index (χ3v) is 34.6. The van der Waals surface area contributed by atoms with Gasteiger partial charge in [-0.2, -0.15) is 0 Å². The summed E-state index contributed by atoms with van der Waals surface area (Å²) < 4.78 is 32.7. The van der Waals surface area contributed by atoms with Crippen LogP contribution in [0.15, 0.2) is 138 Å². The van der Waals surface area contributed by atoms with Crippen LogP contribution in [-0.2, 0) is 41.6 Å². The summed E-state index contributed by atoms with van der Waals surface area (Å²) in [6.07, 6.45) is 12.3. The lowest BCUT2D eigenvalue weighted by molar-refractivity contribution is -0.137. The molecule has 9 saturated heterocycles. The Balaban J connectivity index is 0.000000167. The molecule has 19 rings (SSSR count). The Labute approximate surface area is 829 Å². The lowest BCUT2D eigenvalue weighted by atomic mass is 9.89. The third kappa shape index (κ3) is 23.5. The first-order chi connectivity index (χ1) is 66.0. The van der Waals surface area contributed by atoms with Gasteiger partial charge >= 0.3 is 17.8 Å². The maximum atomic E-state index is 15.5. The number of nitrogens with zero attached hydrogens (tertiary/aromatic N) is 15. The second-order valence-electron chi connectivity index (χ2n) is 43.8. The summed E-state index contributed by atoms with van der Waals surface area (Å²) in [7, 11) is 4.33. The Kier molecular flexibility index (Phi) is 30.7. The summed E-state index contributed by atoms with van der Waals surface area (Å²) in [6, 6.07) is 41.9. The Bertz CT molecular complexity index is 5620. The smallest absolute Gasteiger partial charge is 0.327 e. The van der Waals surface area contributed by atoms with Gasteiger partial charge in [0.1, 0.15) is 27.6 Å². The van der Waals surface area contributed by atoms with Gasteiger partial charge in [0.15, 0.2) is 5.65 Å². The maximum Gasteiger partial charge on any atom is 0.327 e. The highest BCUT2D eigenvalue weighted by Gasteiger charge is 2.56. The molecule has 0 bridgehead atoms. The van der Waals surface area contributed by atoms with Gasteiger partial charge in [-0.25, -0.2) is 28.1 Å². The van der Waals surface area contributed by atoms with E-state index in [-0.39, 0.29) is 141 Å². The number of hydrogen-bond acceptors (Lipinski definition) is 18. The molecule has 5 aromatic carbocycles. The zero-order chi connectivity index (χ0) is 97.2. The molecular formula is C106H148F2N18O9S3. The fourth-order valence-electron chi connectivity index (χ4n) is 21.4. The number of piperidine rings is 3. The number of anilines is 5. The molecule has 6 unspecified atom stereocenters. The van der Waals surface area contributed by atoms with E-state index < -0.39 is 32.6 Å². The first-order valence-electron chi connectivity index (χ1n) is 50.4. The minimum absolute atomic E-state index is 0. The third-order valence-electron chi connectivity index (χ3n) is 30.1. The van der Waals surface area contributed by atoms with E-state index >= 15 is 8.78 Å². The fourth-order valence-corrected chi connectivity index (χ4v) is 25.8. The zero-order valence-corrected chi connectivity index (χ0v) is 85.0. The van der Waals surface area contributed by atoms with Gasteiger partial charge in [-0.1, -0.05) is 135 Å². The number of nitrogens with one attached hydrogen (secondary N) is 3. The molecule has 11 aliphatic heterocycles. The van der Waals surface area contributed by atoms with Crippen molar-refractivity contribution in [3.63, 3.8) is 0 Å². The first-order valence-corrected chi connectivity index (χ1v) is 53.2. The summed E-state index contributed by atoms with van der Waals surface area (Å²) in [4.78, 5) is 155. The van der Waals surface area contributed by atoms with Crippen LogP contribution in [0.5, 0.6) is 0 Å². The number of carbonyl (C=O) groups excluding carboxylic acids is 8. The highest BCUT2D eigenvalue weighted by molar-refractivity contribution is 8.01. The molecule has 12 aliphatic rings. The van der Waals surface area contributed by atoms with E-state index in [1.165, 1.54) is 29.2 Å². The van der Waals surface area contributed by atoms with Crippen LogP contribution in [0.2, 0.25) is 0 Å². The number of H-pyrrole nitrogens is 1. The van der Waals surface area contributed by atoms with Gasteiger partial charge < -0.3 is 74.3 Å². The van der Waals surface area contributed by atoms with Crippen LogP contribution >= 0.6 is 35.3 Å². The van der Waals surface area contributed by atoms with E-state index in [0.29, 0.717) is 115 Å². The zero-order valence-electron chi connectivity index (χ0n) is 82.5. The molecule has 2 aromatic heterocycles. The number of fused-ring (bicyclic) bond motifs is 3. The predicted molar refractivity (Wildman–Crippen MR) is 554 cm³/mol. The number of para-hydroxylation sites is 3. The number of urea groups is 2. The average molecular weight is 1950 g/mol. The number of imidazole rings is 1. The second-order valence-corrected chi connectivity index (χ2v) is 47.6. The van der Waals surface area contributed by atoms with Crippen molar-refractivity contribution in [3.8, 4) is 0 Å². The number of amides is 10. The number of pyridine rings is 1. The number of likely N-dealkylation sites (N-methyl/N-ethyl adjacent to an activating group) is 2. The monoisotopic (exact) mass is 1950 g/mol. The van der Waals surface area contributed by atoms with Crippen molar-refractivity contribution < 1.29 is 51.4 Å². The van der Waals surface area contributed by atoms with Crippen molar-refractivity contribution in [3.05, 3.63) is 178 Å². The summed E-state index contributed by atoms with van der Waals surface area (Å²) in [5.74, 6) is -0.312. The lowest BCUT2D eigenvalue weighted by Gasteiger charge is -2.47. The van der Waals surface area contributed by atoms with Crippen LogP contribution in [0, 0.1) is 28.0 Å². The van der Waals surface area contributed by atoms with E-state index in [1.54, 1.807) is 45.3 Å². The summed E-state index contributed by atoms with van der Waals surface area (Å²) in [6.45, 7) is 34.6. The fraction of sp³-hybridized carbons (Fsp3) is 0.585. The molecule has 0 radical (unpaired) electrons. The predicted octanol–water partition coefficient (Wildman–Crippen LogP) is 16.7. The highest BCUT2D eigenvalue weighted by Crippen LogP contribution is 2.54. The van der Waals surface area contributed by atoms with E-state index in [4.69, 9.17) is 0 Å². The van der Waals surface area contributed by atoms with E-state index in [0.717, 1.165) is 149 Å². The molecule has 27 nitrogen and oxygen atoms in total. The van der Waals surface area contributed by atoms with Gasteiger partial charge in [-0.3, -0.25) is 38.3 Å². The van der Waals surface area contributed by atoms with Crippen molar-refractivity contribution in [2.24, 2.45) is 22.2 Å². The number of piperazine rings is 2. The van der Waals surface area contributed by atoms with Crippen molar-refractivity contribution in [2.45, 2.75) is 221 Å². The van der Waals surface area contributed by atoms with Crippen LogP contribution < -0.4 is 31.0 Å². The van der Waals surface area contributed by atoms with Gasteiger partial charge in [0.25, 0.3) is 0 Å². The van der Waals surface area contributed by atoms with Crippen LogP contribution in [0.1, 0.15) is 206 Å². The molecule has 1 saturated carbocycles. The van der Waals surface area contributed by atoms with E-state index in [9.17, 15) is 43.2 Å². The topological polar surface area (TPSA) is 253 Å². The van der Waals surface area contributed by atoms with Crippen LogP contribution in [0.4, 0.5) is 46.8 Å². The van der Waals surface area contributed by atoms with Crippen molar-refractivity contribution in [1.82, 2.24) is 63.5 Å². The quantitative estimate of drug-likeness (QED) is 0.0570. The lowest BCUT2D eigenvalue weighted by Crippen LogP contribution is -2.61. The molecule has 138 heavy (non-hydrogen) atoms. The number of halogens is 2. The van der Waals surface area contributed by atoms with Crippen molar-refractivity contribution in [2.75, 3.05) is 177 Å². The number of carbonyl (C=O) groups is 8. The maximum absolute atomic E-state index is 15.5. The number of likely N-dealkylation sites (tertiary alicyclic amines) is 3. The molecule has 1 aliphatic carbocycles. The van der Waals surface area contributed by atoms with Gasteiger partial charge in [-0.15, -0.1) is 35.3 Å². The minimum atomic E-state index is -1.27. The van der Waals surface area contributed by atoms with Crippen LogP contribution in [0.25, 0.3) is 11.2 Å². The van der Waals surface area contributed by atoms with Crippen molar-refractivity contribution in [1.29, 1.82) is 0 Å². The molecule has 748 valence electrons. The summed E-state index contributed by atoms with van der Waals surface area (Å²) in [5.41, 5.74) is 9.89. The summed E-state index contributed by atoms with van der Waals surface area (Å²) >= 11 is 4.68. The number of thioether (sulfide) groups is 3. The molecule has 10 amide bonds.